The van der Waals surface area contributed by atoms with Crippen LogP contribution in [-0.2, 0) is 11.3 Å². The van der Waals surface area contributed by atoms with Gasteiger partial charge in [0.25, 0.3) is 0 Å². The third kappa shape index (κ3) is 8.67. The third-order valence-corrected chi connectivity index (χ3v) is 4.17. The lowest BCUT2D eigenvalue weighted by Crippen LogP contribution is -2.41. The van der Waals surface area contributed by atoms with Gasteiger partial charge >= 0.3 is 0 Å². The van der Waals surface area contributed by atoms with Crippen LogP contribution >= 0.6 is 0 Å². The van der Waals surface area contributed by atoms with Crippen molar-refractivity contribution in [3.05, 3.63) is 48.6 Å². The number of hydrogen-bond acceptors (Lipinski definition) is 3. The number of aliphatic imine (C=N–C) groups is 1. The Bertz CT molecular complexity index is 571. The summed E-state index contributed by atoms with van der Waals surface area (Å²) in [5, 5.41) is 6.44. The van der Waals surface area contributed by atoms with Gasteiger partial charge in [-0.25, -0.2) is 4.99 Å². The standard InChI is InChI=1S/C20H33N5O/c1-6-13-21-20(23-15-19(26)24(3)4)22-14-12-17(2)25(5)16-18-10-8-7-9-11-18/h6-11,17H,1,12-16H2,2-5H3,(H2,21,22,23). The van der Waals surface area contributed by atoms with Gasteiger partial charge in [0.05, 0.1) is 0 Å². The largest absolute Gasteiger partial charge is 0.356 e. The number of guanidine groups is 1. The van der Waals surface area contributed by atoms with E-state index >= 15 is 0 Å². The summed E-state index contributed by atoms with van der Waals surface area (Å²) in [6.45, 7) is 8.35. The van der Waals surface area contributed by atoms with Gasteiger partial charge in [-0.1, -0.05) is 36.4 Å². The van der Waals surface area contributed by atoms with Crippen molar-refractivity contribution < 1.29 is 4.79 Å². The molecular weight excluding hydrogens is 326 g/mol. The van der Waals surface area contributed by atoms with Gasteiger partial charge in [-0.15, -0.1) is 6.58 Å². The van der Waals surface area contributed by atoms with Crippen molar-refractivity contribution in [3.63, 3.8) is 0 Å². The predicted octanol–water partition coefficient (Wildman–Crippen LogP) is 1.71. The van der Waals surface area contributed by atoms with E-state index in [0.29, 0.717) is 18.5 Å². The highest BCUT2D eigenvalue weighted by Gasteiger charge is 2.10. The third-order valence-electron chi connectivity index (χ3n) is 4.17. The summed E-state index contributed by atoms with van der Waals surface area (Å²) in [5.41, 5.74) is 1.31. The Balaban J connectivity index is 2.45. The minimum absolute atomic E-state index is 0.0272. The van der Waals surface area contributed by atoms with E-state index in [9.17, 15) is 4.79 Å². The van der Waals surface area contributed by atoms with E-state index in [1.54, 1.807) is 20.2 Å². The summed E-state index contributed by atoms with van der Waals surface area (Å²) < 4.78 is 0. The highest BCUT2D eigenvalue weighted by molar-refractivity contribution is 5.84. The van der Waals surface area contributed by atoms with Crippen LogP contribution in [0.2, 0.25) is 0 Å². The molecule has 0 saturated heterocycles. The maximum atomic E-state index is 11.7. The fourth-order valence-corrected chi connectivity index (χ4v) is 2.28. The number of nitrogens with zero attached hydrogens (tertiary/aromatic N) is 3. The molecule has 144 valence electrons. The van der Waals surface area contributed by atoms with Crippen LogP contribution in [0.15, 0.2) is 48.0 Å². The van der Waals surface area contributed by atoms with Crippen molar-refractivity contribution in [2.45, 2.75) is 25.9 Å². The van der Waals surface area contributed by atoms with Crippen LogP contribution in [0.5, 0.6) is 0 Å². The zero-order valence-electron chi connectivity index (χ0n) is 16.5. The molecule has 0 aliphatic rings. The number of nitrogens with one attached hydrogen (secondary N) is 2. The molecule has 1 aromatic rings. The number of amides is 1. The second kappa shape index (κ2) is 12.1. The highest BCUT2D eigenvalue weighted by atomic mass is 16.2. The lowest BCUT2D eigenvalue weighted by atomic mass is 10.1. The lowest BCUT2D eigenvalue weighted by molar-refractivity contribution is -0.127. The van der Waals surface area contributed by atoms with Crippen molar-refractivity contribution in [2.75, 3.05) is 40.8 Å². The Labute approximate surface area is 158 Å². The van der Waals surface area contributed by atoms with Crippen LogP contribution in [0.25, 0.3) is 0 Å². The van der Waals surface area contributed by atoms with E-state index in [2.05, 4.69) is 65.3 Å². The fourth-order valence-electron chi connectivity index (χ4n) is 2.28. The SMILES string of the molecule is C=CCNC(=NCC(=O)N(C)C)NCCC(C)N(C)Cc1ccccc1. The second-order valence-corrected chi connectivity index (χ2v) is 6.59. The monoisotopic (exact) mass is 359 g/mol. The minimum atomic E-state index is -0.0272. The second-order valence-electron chi connectivity index (χ2n) is 6.59. The molecule has 0 spiro atoms. The van der Waals surface area contributed by atoms with Gasteiger partial charge in [0, 0.05) is 39.8 Å². The minimum Gasteiger partial charge on any atom is -0.356 e. The van der Waals surface area contributed by atoms with Gasteiger partial charge in [-0.2, -0.15) is 0 Å². The number of rotatable bonds is 10. The molecule has 1 aromatic carbocycles. The molecule has 26 heavy (non-hydrogen) atoms. The smallest absolute Gasteiger partial charge is 0.243 e. The van der Waals surface area contributed by atoms with Gasteiger partial charge < -0.3 is 15.5 Å². The molecule has 0 saturated carbocycles. The zero-order valence-corrected chi connectivity index (χ0v) is 16.5. The molecule has 1 unspecified atom stereocenters. The van der Waals surface area contributed by atoms with E-state index in [1.807, 2.05) is 6.07 Å². The van der Waals surface area contributed by atoms with Crippen LogP contribution in [0.1, 0.15) is 18.9 Å². The predicted molar refractivity (Wildman–Crippen MR) is 109 cm³/mol. The zero-order chi connectivity index (χ0) is 19.4. The molecular formula is C20H33N5O. The van der Waals surface area contributed by atoms with Gasteiger partial charge in [-0.05, 0) is 26.0 Å². The summed E-state index contributed by atoms with van der Waals surface area (Å²) >= 11 is 0. The molecule has 0 bridgehead atoms. The number of hydrogen-bond donors (Lipinski definition) is 2. The summed E-state index contributed by atoms with van der Waals surface area (Å²) in [5.74, 6) is 0.610. The van der Waals surface area contributed by atoms with Crippen molar-refractivity contribution in [1.82, 2.24) is 20.4 Å². The van der Waals surface area contributed by atoms with Crippen LogP contribution in [-0.4, -0.2) is 68.5 Å². The molecule has 0 heterocycles. The summed E-state index contributed by atoms with van der Waals surface area (Å²) in [4.78, 5) is 19.9. The normalized spacial score (nSPS) is 12.6. The first kappa shape index (κ1) is 21.7. The van der Waals surface area contributed by atoms with Crippen molar-refractivity contribution in [2.24, 2.45) is 4.99 Å². The van der Waals surface area contributed by atoms with Crippen molar-refractivity contribution in [1.29, 1.82) is 0 Å². The summed E-state index contributed by atoms with van der Waals surface area (Å²) in [6, 6.07) is 10.9. The van der Waals surface area contributed by atoms with Crippen LogP contribution < -0.4 is 10.6 Å². The first-order chi connectivity index (χ1) is 12.4. The van der Waals surface area contributed by atoms with Gasteiger partial charge in [-0.3, -0.25) is 9.69 Å². The average molecular weight is 360 g/mol. The molecule has 1 amide bonds. The van der Waals surface area contributed by atoms with E-state index < -0.39 is 0 Å². The Morgan fingerprint density at radius 3 is 2.54 bits per heavy atom. The summed E-state index contributed by atoms with van der Waals surface area (Å²) in [7, 11) is 5.59. The number of benzene rings is 1. The van der Waals surface area contributed by atoms with Gasteiger partial charge in [0.15, 0.2) is 5.96 Å². The van der Waals surface area contributed by atoms with Gasteiger partial charge in [0.2, 0.25) is 5.91 Å². The van der Waals surface area contributed by atoms with Crippen LogP contribution in [0.4, 0.5) is 0 Å². The molecule has 1 rings (SSSR count). The maximum Gasteiger partial charge on any atom is 0.243 e. The van der Waals surface area contributed by atoms with Crippen LogP contribution in [0.3, 0.4) is 0 Å². The molecule has 0 fully saturated rings. The molecule has 0 aliphatic carbocycles. The van der Waals surface area contributed by atoms with E-state index in [1.165, 1.54) is 10.5 Å². The number of carbonyl (C=O) groups excluding carboxylic acids is 1. The molecule has 6 heteroatoms. The Hall–Kier alpha value is -2.34. The number of likely N-dealkylation sites (N-methyl/N-ethyl adjacent to an activating group) is 1. The average Bonchev–Trinajstić information content (AvgIpc) is 2.63. The van der Waals surface area contributed by atoms with Crippen molar-refractivity contribution >= 4 is 11.9 Å². The lowest BCUT2D eigenvalue weighted by Gasteiger charge is -2.25. The molecule has 0 aliphatic heterocycles. The topological polar surface area (TPSA) is 60.0 Å². The van der Waals surface area contributed by atoms with Crippen LogP contribution in [0, 0.1) is 0 Å². The van der Waals surface area contributed by atoms with Gasteiger partial charge in [0.1, 0.15) is 6.54 Å². The first-order valence-corrected chi connectivity index (χ1v) is 9.01. The first-order valence-electron chi connectivity index (χ1n) is 9.01. The van der Waals surface area contributed by atoms with Crippen molar-refractivity contribution in [3.8, 4) is 0 Å². The molecule has 1 atom stereocenters. The molecule has 0 aromatic heterocycles. The summed E-state index contributed by atoms with van der Waals surface area (Å²) in [6.07, 6.45) is 2.74. The maximum absolute atomic E-state index is 11.7. The van der Waals surface area contributed by atoms with E-state index in [4.69, 9.17) is 0 Å². The van der Waals surface area contributed by atoms with E-state index in [0.717, 1.165) is 19.5 Å². The molecule has 2 N–H and O–H groups in total. The molecule has 6 nitrogen and oxygen atoms in total. The highest BCUT2D eigenvalue weighted by Crippen LogP contribution is 2.07. The Kier molecular flexibility index (Phi) is 10.1. The Morgan fingerprint density at radius 2 is 1.92 bits per heavy atom. The number of carbonyl (C=O) groups is 1. The fraction of sp³-hybridized carbons (Fsp3) is 0.500. The molecule has 0 radical (unpaired) electrons. The quantitative estimate of drug-likeness (QED) is 0.379. The van der Waals surface area contributed by atoms with E-state index in [-0.39, 0.29) is 12.5 Å². The Morgan fingerprint density at radius 1 is 1.23 bits per heavy atom.